The highest BCUT2D eigenvalue weighted by Crippen LogP contribution is 2.01. The zero-order valence-corrected chi connectivity index (χ0v) is 9.78. The molecule has 0 atom stereocenters. The van der Waals surface area contributed by atoms with Crippen LogP contribution in [0.3, 0.4) is 0 Å². The molecule has 15 heavy (non-hydrogen) atoms. The Bertz CT molecular complexity index is 256. The molecule has 0 amide bonds. The molecule has 0 unspecified atom stereocenters. The van der Waals surface area contributed by atoms with Gasteiger partial charge in [0.1, 0.15) is 0 Å². The Balaban J connectivity index is 2.43. The summed E-state index contributed by atoms with van der Waals surface area (Å²) in [4.78, 5) is 6.52. The molecular formula is C11H17ClN2O. The van der Waals surface area contributed by atoms with Gasteiger partial charge in [-0.3, -0.25) is 9.88 Å². The summed E-state index contributed by atoms with van der Waals surface area (Å²) in [5.74, 6) is 0.635. The summed E-state index contributed by atoms with van der Waals surface area (Å²) in [6.07, 6.45) is 1.81. The number of nitrogens with zero attached hydrogens (tertiary/aromatic N) is 2. The summed E-state index contributed by atoms with van der Waals surface area (Å²) in [6, 6.07) is 5.94. The molecular weight excluding hydrogens is 212 g/mol. The van der Waals surface area contributed by atoms with Gasteiger partial charge < -0.3 is 4.74 Å². The molecule has 1 rings (SSSR count). The number of ether oxygens (including phenoxy) is 1. The third kappa shape index (κ3) is 5.11. The standard InChI is InChI=1S/C11H17ClN2O/c1-15-9-8-14(7-5-12)10-11-4-2-3-6-13-11/h2-4,6H,5,7-10H2,1H3. The first-order chi connectivity index (χ1) is 7.36. The lowest BCUT2D eigenvalue weighted by Gasteiger charge is -2.20. The molecule has 0 radical (unpaired) electrons. The summed E-state index contributed by atoms with van der Waals surface area (Å²) < 4.78 is 5.05. The number of aromatic nitrogens is 1. The van der Waals surface area contributed by atoms with E-state index < -0.39 is 0 Å². The van der Waals surface area contributed by atoms with Crippen molar-refractivity contribution in [2.24, 2.45) is 0 Å². The van der Waals surface area contributed by atoms with Gasteiger partial charge in [-0.15, -0.1) is 11.6 Å². The van der Waals surface area contributed by atoms with Gasteiger partial charge >= 0.3 is 0 Å². The molecule has 1 heterocycles. The van der Waals surface area contributed by atoms with Crippen molar-refractivity contribution in [1.29, 1.82) is 0 Å². The van der Waals surface area contributed by atoms with E-state index in [1.165, 1.54) is 0 Å². The first kappa shape index (κ1) is 12.4. The van der Waals surface area contributed by atoms with Crippen LogP contribution >= 0.6 is 11.6 Å². The Morgan fingerprint density at radius 2 is 2.27 bits per heavy atom. The van der Waals surface area contributed by atoms with Crippen LogP contribution in [0.15, 0.2) is 24.4 Å². The quantitative estimate of drug-likeness (QED) is 0.666. The molecule has 0 aliphatic carbocycles. The number of halogens is 1. The first-order valence-electron chi connectivity index (χ1n) is 5.04. The van der Waals surface area contributed by atoms with Gasteiger partial charge in [0.05, 0.1) is 12.3 Å². The van der Waals surface area contributed by atoms with E-state index in [0.29, 0.717) is 5.88 Å². The molecule has 0 aromatic carbocycles. The molecule has 84 valence electrons. The zero-order chi connectivity index (χ0) is 10.9. The monoisotopic (exact) mass is 228 g/mol. The number of alkyl halides is 1. The molecule has 1 aromatic heterocycles. The second-order valence-corrected chi connectivity index (χ2v) is 3.66. The minimum Gasteiger partial charge on any atom is -0.383 e. The van der Waals surface area contributed by atoms with E-state index in [1.807, 2.05) is 24.4 Å². The number of hydrogen-bond acceptors (Lipinski definition) is 3. The molecule has 0 saturated carbocycles. The molecule has 0 spiro atoms. The highest BCUT2D eigenvalue weighted by Gasteiger charge is 2.05. The van der Waals surface area contributed by atoms with Crippen molar-refractivity contribution in [2.75, 3.05) is 32.7 Å². The van der Waals surface area contributed by atoms with Gasteiger partial charge in [0.15, 0.2) is 0 Å². The highest BCUT2D eigenvalue weighted by atomic mass is 35.5. The largest absolute Gasteiger partial charge is 0.383 e. The second kappa shape index (κ2) is 7.63. The van der Waals surface area contributed by atoms with Crippen molar-refractivity contribution in [3.8, 4) is 0 Å². The summed E-state index contributed by atoms with van der Waals surface area (Å²) in [5.41, 5.74) is 1.07. The van der Waals surface area contributed by atoms with Crippen LogP contribution in [0.25, 0.3) is 0 Å². The van der Waals surface area contributed by atoms with E-state index in [4.69, 9.17) is 16.3 Å². The number of pyridine rings is 1. The van der Waals surface area contributed by atoms with Gasteiger partial charge in [0.2, 0.25) is 0 Å². The minimum absolute atomic E-state index is 0.635. The SMILES string of the molecule is COCCN(CCCl)Cc1ccccn1. The van der Waals surface area contributed by atoms with Gasteiger partial charge in [-0.05, 0) is 12.1 Å². The lowest BCUT2D eigenvalue weighted by atomic mass is 10.3. The fraction of sp³-hybridized carbons (Fsp3) is 0.545. The molecule has 0 aliphatic heterocycles. The van der Waals surface area contributed by atoms with Gasteiger partial charge in [0, 0.05) is 38.8 Å². The van der Waals surface area contributed by atoms with E-state index in [9.17, 15) is 0 Å². The van der Waals surface area contributed by atoms with E-state index in [2.05, 4.69) is 9.88 Å². The van der Waals surface area contributed by atoms with Crippen molar-refractivity contribution < 1.29 is 4.74 Å². The molecule has 1 aromatic rings. The fourth-order valence-corrected chi connectivity index (χ4v) is 1.57. The van der Waals surface area contributed by atoms with E-state index in [-0.39, 0.29) is 0 Å². The summed E-state index contributed by atoms with van der Waals surface area (Å²) in [7, 11) is 1.71. The molecule has 0 bridgehead atoms. The van der Waals surface area contributed by atoms with E-state index in [0.717, 1.165) is 31.9 Å². The Morgan fingerprint density at radius 1 is 1.40 bits per heavy atom. The number of methoxy groups -OCH3 is 1. The average molecular weight is 229 g/mol. The molecule has 0 aliphatic rings. The predicted molar refractivity (Wildman–Crippen MR) is 62.1 cm³/mol. The number of rotatable bonds is 7. The van der Waals surface area contributed by atoms with Crippen molar-refractivity contribution in [3.05, 3.63) is 30.1 Å². The van der Waals surface area contributed by atoms with Crippen molar-refractivity contribution in [3.63, 3.8) is 0 Å². The highest BCUT2D eigenvalue weighted by molar-refractivity contribution is 6.18. The number of hydrogen-bond donors (Lipinski definition) is 0. The first-order valence-corrected chi connectivity index (χ1v) is 5.57. The lowest BCUT2D eigenvalue weighted by Crippen LogP contribution is -2.29. The van der Waals surface area contributed by atoms with Crippen LogP contribution in [0.4, 0.5) is 0 Å². The molecule has 3 nitrogen and oxygen atoms in total. The summed E-state index contributed by atoms with van der Waals surface area (Å²) in [5, 5.41) is 0. The van der Waals surface area contributed by atoms with Gasteiger partial charge in [-0.2, -0.15) is 0 Å². The van der Waals surface area contributed by atoms with Crippen LogP contribution in [0.5, 0.6) is 0 Å². The van der Waals surface area contributed by atoms with Crippen LogP contribution < -0.4 is 0 Å². The van der Waals surface area contributed by atoms with Crippen LogP contribution in [0, 0.1) is 0 Å². The van der Waals surface area contributed by atoms with E-state index >= 15 is 0 Å². The summed E-state index contributed by atoms with van der Waals surface area (Å²) >= 11 is 5.74. The normalized spacial score (nSPS) is 10.9. The second-order valence-electron chi connectivity index (χ2n) is 3.28. The van der Waals surface area contributed by atoms with E-state index in [1.54, 1.807) is 7.11 Å². The summed E-state index contributed by atoms with van der Waals surface area (Å²) in [6.45, 7) is 3.31. The van der Waals surface area contributed by atoms with Crippen molar-refractivity contribution in [1.82, 2.24) is 9.88 Å². The van der Waals surface area contributed by atoms with Crippen molar-refractivity contribution in [2.45, 2.75) is 6.54 Å². The average Bonchev–Trinajstić information content (AvgIpc) is 2.28. The predicted octanol–water partition coefficient (Wildman–Crippen LogP) is 1.77. The Kier molecular flexibility index (Phi) is 6.32. The maximum atomic E-state index is 5.74. The Hall–Kier alpha value is -0.640. The van der Waals surface area contributed by atoms with Crippen LogP contribution in [0.1, 0.15) is 5.69 Å². The topological polar surface area (TPSA) is 25.4 Å². The van der Waals surface area contributed by atoms with Crippen molar-refractivity contribution >= 4 is 11.6 Å². The Labute approximate surface area is 96.0 Å². The molecule has 4 heteroatoms. The third-order valence-electron chi connectivity index (χ3n) is 2.12. The fourth-order valence-electron chi connectivity index (χ4n) is 1.33. The molecule has 0 N–H and O–H groups in total. The smallest absolute Gasteiger partial charge is 0.0589 e. The lowest BCUT2D eigenvalue weighted by molar-refractivity contribution is 0.147. The van der Waals surface area contributed by atoms with Gasteiger partial charge in [0.25, 0.3) is 0 Å². The van der Waals surface area contributed by atoms with Crippen LogP contribution in [0.2, 0.25) is 0 Å². The van der Waals surface area contributed by atoms with Gasteiger partial charge in [-0.25, -0.2) is 0 Å². The zero-order valence-electron chi connectivity index (χ0n) is 9.03. The Morgan fingerprint density at radius 3 is 2.87 bits per heavy atom. The maximum Gasteiger partial charge on any atom is 0.0589 e. The third-order valence-corrected chi connectivity index (χ3v) is 2.29. The minimum atomic E-state index is 0.635. The maximum absolute atomic E-state index is 5.74. The molecule has 0 saturated heterocycles. The molecule has 0 fully saturated rings. The van der Waals surface area contributed by atoms with Crippen LogP contribution in [-0.4, -0.2) is 42.6 Å². The van der Waals surface area contributed by atoms with Crippen LogP contribution in [-0.2, 0) is 11.3 Å². The van der Waals surface area contributed by atoms with Gasteiger partial charge in [-0.1, -0.05) is 6.07 Å².